The summed E-state index contributed by atoms with van der Waals surface area (Å²) >= 11 is 0. The number of rotatable bonds is 6. The number of ether oxygens (including phenoxy) is 2. The molecule has 0 bridgehead atoms. The maximum absolute atomic E-state index is 5.43. The predicted molar refractivity (Wildman–Crippen MR) is 102 cm³/mol. The van der Waals surface area contributed by atoms with Crippen LogP contribution in [0, 0.1) is 0 Å². The summed E-state index contributed by atoms with van der Waals surface area (Å²) < 4.78 is 10.8. The summed E-state index contributed by atoms with van der Waals surface area (Å²) in [7, 11) is 3.37. The van der Waals surface area contributed by atoms with Crippen molar-refractivity contribution in [3.05, 3.63) is 54.1 Å². The Hall–Kier alpha value is -2.20. The van der Waals surface area contributed by atoms with Crippen LogP contribution in [-0.2, 0) is 6.42 Å². The number of quaternary nitrogens is 1. The van der Waals surface area contributed by atoms with Crippen LogP contribution in [0.1, 0.15) is 12.5 Å². The third kappa shape index (κ3) is 4.26. The minimum absolute atomic E-state index is 0.594. The lowest BCUT2D eigenvalue weighted by Gasteiger charge is -2.36. The van der Waals surface area contributed by atoms with E-state index in [0.717, 1.165) is 31.0 Å². The second-order valence-corrected chi connectivity index (χ2v) is 6.78. The summed E-state index contributed by atoms with van der Waals surface area (Å²) in [6, 6.07) is 17.6. The molecule has 1 fully saturated rings. The molecule has 0 unspecified atom stereocenters. The van der Waals surface area contributed by atoms with Crippen LogP contribution >= 0.6 is 0 Å². The van der Waals surface area contributed by atoms with E-state index in [1.165, 1.54) is 24.3 Å². The zero-order valence-electron chi connectivity index (χ0n) is 15.5. The van der Waals surface area contributed by atoms with E-state index in [2.05, 4.69) is 54.3 Å². The number of para-hydroxylation sites is 1. The third-order valence-corrected chi connectivity index (χ3v) is 5.21. The Kier molecular flexibility index (Phi) is 5.82. The molecular formula is C21H29N2O2+. The molecule has 0 aliphatic carbocycles. The number of nitrogens with one attached hydrogen (secondary N) is 1. The molecule has 134 valence electrons. The molecule has 0 saturated carbocycles. The van der Waals surface area contributed by atoms with Gasteiger partial charge in [0.15, 0.2) is 11.5 Å². The summed E-state index contributed by atoms with van der Waals surface area (Å²) in [6.45, 7) is 6.96. The molecule has 0 amide bonds. The summed E-state index contributed by atoms with van der Waals surface area (Å²) in [6.07, 6.45) is 1.06. The van der Waals surface area contributed by atoms with Crippen molar-refractivity contribution in [2.45, 2.75) is 19.4 Å². The molecule has 0 spiro atoms. The first-order chi connectivity index (χ1) is 12.2. The van der Waals surface area contributed by atoms with E-state index < -0.39 is 0 Å². The van der Waals surface area contributed by atoms with E-state index in [4.69, 9.17) is 9.47 Å². The van der Waals surface area contributed by atoms with E-state index in [1.807, 2.05) is 6.07 Å². The Bertz CT molecular complexity index is 667. The molecule has 2 aromatic carbocycles. The molecule has 4 heteroatoms. The van der Waals surface area contributed by atoms with Gasteiger partial charge < -0.3 is 19.3 Å². The normalized spacial score (nSPS) is 16.5. The second-order valence-electron chi connectivity index (χ2n) is 6.78. The molecular weight excluding hydrogens is 312 g/mol. The first-order valence-corrected chi connectivity index (χ1v) is 9.06. The molecule has 0 radical (unpaired) electrons. The minimum atomic E-state index is 0.594. The predicted octanol–water partition coefficient (Wildman–Crippen LogP) is 2.04. The van der Waals surface area contributed by atoms with E-state index in [-0.39, 0.29) is 0 Å². The van der Waals surface area contributed by atoms with Crippen LogP contribution < -0.4 is 19.3 Å². The van der Waals surface area contributed by atoms with Gasteiger partial charge in [-0.1, -0.05) is 24.3 Å². The fourth-order valence-corrected chi connectivity index (χ4v) is 3.69. The lowest BCUT2D eigenvalue weighted by molar-refractivity contribution is -0.923. The molecule has 1 heterocycles. The number of nitrogens with zero attached hydrogens (tertiary/aromatic N) is 1. The van der Waals surface area contributed by atoms with E-state index in [1.54, 1.807) is 19.1 Å². The second kappa shape index (κ2) is 8.26. The molecule has 1 saturated heterocycles. The fraction of sp³-hybridized carbons (Fsp3) is 0.429. The van der Waals surface area contributed by atoms with Crippen molar-refractivity contribution >= 4 is 5.69 Å². The largest absolute Gasteiger partial charge is 0.493 e. The lowest BCUT2D eigenvalue weighted by Crippen LogP contribution is -3.18. The van der Waals surface area contributed by atoms with Crippen LogP contribution in [0.5, 0.6) is 11.5 Å². The molecule has 2 aromatic rings. The van der Waals surface area contributed by atoms with Gasteiger partial charge in [-0.25, -0.2) is 0 Å². The minimum Gasteiger partial charge on any atom is -0.493 e. The van der Waals surface area contributed by atoms with Crippen LogP contribution in [0.4, 0.5) is 5.69 Å². The average Bonchev–Trinajstić information content (AvgIpc) is 2.68. The van der Waals surface area contributed by atoms with Crippen LogP contribution in [0.15, 0.2) is 48.5 Å². The number of methoxy groups -OCH3 is 2. The van der Waals surface area contributed by atoms with Crippen molar-refractivity contribution in [3.63, 3.8) is 0 Å². The van der Waals surface area contributed by atoms with Crippen molar-refractivity contribution < 1.29 is 14.4 Å². The maximum Gasteiger partial charge on any atom is 0.160 e. The van der Waals surface area contributed by atoms with Gasteiger partial charge in [-0.15, -0.1) is 0 Å². The number of piperazine rings is 1. The Morgan fingerprint density at radius 1 is 0.960 bits per heavy atom. The van der Waals surface area contributed by atoms with Gasteiger partial charge in [0, 0.05) is 12.1 Å². The van der Waals surface area contributed by atoms with Gasteiger partial charge in [0.2, 0.25) is 0 Å². The molecule has 0 aromatic heterocycles. The Balaban J connectivity index is 1.57. The van der Waals surface area contributed by atoms with Crippen molar-refractivity contribution in [1.29, 1.82) is 0 Å². The van der Waals surface area contributed by atoms with Gasteiger partial charge >= 0.3 is 0 Å². The van der Waals surface area contributed by atoms with Crippen LogP contribution in [0.2, 0.25) is 0 Å². The van der Waals surface area contributed by atoms with Gasteiger partial charge in [0.25, 0.3) is 0 Å². The highest BCUT2D eigenvalue weighted by molar-refractivity contribution is 5.46. The Morgan fingerprint density at radius 2 is 1.64 bits per heavy atom. The van der Waals surface area contributed by atoms with Crippen LogP contribution in [0.25, 0.3) is 0 Å². The molecule has 1 atom stereocenters. The molecule has 1 aliphatic rings. The van der Waals surface area contributed by atoms with Gasteiger partial charge in [-0.3, -0.25) is 0 Å². The Morgan fingerprint density at radius 3 is 2.28 bits per heavy atom. The van der Waals surface area contributed by atoms with Gasteiger partial charge in [0.1, 0.15) is 0 Å². The molecule has 4 nitrogen and oxygen atoms in total. The van der Waals surface area contributed by atoms with E-state index >= 15 is 0 Å². The average molecular weight is 341 g/mol. The highest BCUT2D eigenvalue weighted by Crippen LogP contribution is 2.27. The summed E-state index contributed by atoms with van der Waals surface area (Å²) in [5, 5.41) is 0. The van der Waals surface area contributed by atoms with Crippen molar-refractivity contribution in [2.24, 2.45) is 0 Å². The SMILES string of the molecule is COc1ccc(C[C@H](C)[NH+]2CCN(c3ccccc3)CC2)cc1OC. The number of hydrogen-bond acceptors (Lipinski definition) is 3. The van der Waals surface area contributed by atoms with Crippen LogP contribution in [0.3, 0.4) is 0 Å². The number of anilines is 1. The fourth-order valence-electron chi connectivity index (χ4n) is 3.69. The zero-order valence-corrected chi connectivity index (χ0v) is 15.5. The van der Waals surface area contributed by atoms with E-state index in [9.17, 15) is 0 Å². The first-order valence-electron chi connectivity index (χ1n) is 9.06. The molecule has 3 rings (SSSR count). The van der Waals surface area contributed by atoms with E-state index in [0.29, 0.717) is 6.04 Å². The maximum atomic E-state index is 5.43. The first kappa shape index (κ1) is 17.6. The highest BCUT2D eigenvalue weighted by atomic mass is 16.5. The zero-order chi connectivity index (χ0) is 17.6. The summed E-state index contributed by atoms with van der Waals surface area (Å²) in [5.74, 6) is 1.61. The van der Waals surface area contributed by atoms with Gasteiger partial charge in [-0.05, 0) is 36.8 Å². The van der Waals surface area contributed by atoms with Crippen LogP contribution in [-0.4, -0.2) is 46.4 Å². The Labute approximate surface area is 151 Å². The number of hydrogen-bond donors (Lipinski definition) is 1. The standard InChI is InChI=1S/C21H28N2O2/c1-17(15-18-9-10-20(24-2)21(16-18)25-3)22-11-13-23(14-12-22)19-7-5-4-6-8-19/h4-10,16-17H,11-15H2,1-3H3/p+1/t17-/m0/s1. The highest BCUT2D eigenvalue weighted by Gasteiger charge is 2.24. The monoisotopic (exact) mass is 341 g/mol. The number of benzene rings is 2. The molecule has 1 N–H and O–H groups in total. The third-order valence-electron chi connectivity index (χ3n) is 5.21. The van der Waals surface area contributed by atoms with Crippen molar-refractivity contribution in [3.8, 4) is 11.5 Å². The molecule has 1 aliphatic heterocycles. The van der Waals surface area contributed by atoms with Crippen molar-refractivity contribution in [1.82, 2.24) is 0 Å². The molecule has 25 heavy (non-hydrogen) atoms. The lowest BCUT2D eigenvalue weighted by atomic mass is 10.0. The smallest absolute Gasteiger partial charge is 0.160 e. The van der Waals surface area contributed by atoms with Gasteiger partial charge in [-0.2, -0.15) is 0 Å². The summed E-state index contributed by atoms with van der Waals surface area (Å²) in [5.41, 5.74) is 2.65. The quantitative estimate of drug-likeness (QED) is 0.871. The van der Waals surface area contributed by atoms with Crippen molar-refractivity contribution in [2.75, 3.05) is 45.3 Å². The van der Waals surface area contributed by atoms with Gasteiger partial charge in [0.05, 0.1) is 46.4 Å². The summed E-state index contributed by atoms with van der Waals surface area (Å²) in [4.78, 5) is 4.18. The topological polar surface area (TPSA) is 26.1 Å².